The van der Waals surface area contributed by atoms with Gasteiger partial charge in [0, 0.05) is 18.0 Å². The number of thioether (sulfide) groups is 1. The zero-order valence-electron chi connectivity index (χ0n) is 17.0. The Morgan fingerprint density at radius 2 is 1.75 bits per heavy atom. The normalized spacial score (nSPS) is 11.3. The van der Waals surface area contributed by atoms with Crippen molar-refractivity contribution in [2.45, 2.75) is 17.8 Å². The van der Waals surface area contributed by atoms with Crippen LogP contribution in [0.3, 0.4) is 0 Å². The predicted molar refractivity (Wildman–Crippen MR) is 128 cm³/mol. The number of nitrogens with zero attached hydrogens (tertiary/aromatic N) is 4. The van der Waals surface area contributed by atoms with Crippen LogP contribution in [-0.4, -0.2) is 18.9 Å². The van der Waals surface area contributed by atoms with Gasteiger partial charge in [-0.3, -0.25) is 18.6 Å². The SMILES string of the molecule is Cc1ccc2nc(CSc3nc4ccccc4c(=O)n3-c3ccccc3Cl)cc(=O)n2c1. The van der Waals surface area contributed by atoms with Crippen LogP contribution in [0.2, 0.25) is 5.02 Å². The van der Waals surface area contributed by atoms with Gasteiger partial charge in [-0.1, -0.05) is 53.7 Å². The minimum Gasteiger partial charge on any atom is -0.269 e. The third-order valence-electron chi connectivity index (χ3n) is 5.05. The number of rotatable bonds is 4. The minimum absolute atomic E-state index is 0.149. The summed E-state index contributed by atoms with van der Waals surface area (Å²) in [5.74, 6) is 0.370. The van der Waals surface area contributed by atoms with E-state index in [0.29, 0.717) is 43.9 Å². The average molecular weight is 461 g/mol. The number of hydrogen-bond donors (Lipinski definition) is 0. The standard InChI is InChI=1S/C24H17ClN4O2S/c1-15-10-11-21-26-16(12-22(30)28(21)13-15)14-32-24-27-19-8-4-2-6-17(19)23(31)29(24)20-9-5-3-7-18(20)25/h2-13H,14H2,1H3. The molecule has 0 spiro atoms. The summed E-state index contributed by atoms with van der Waals surface area (Å²) in [4.78, 5) is 35.2. The van der Waals surface area contributed by atoms with Crippen LogP contribution < -0.4 is 11.1 Å². The first kappa shape index (κ1) is 20.5. The Bertz CT molecular complexity index is 1610. The molecule has 2 aromatic carbocycles. The molecule has 6 nitrogen and oxygen atoms in total. The van der Waals surface area contributed by atoms with Crippen molar-refractivity contribution < 1.29 is 0 Å². The molecule has 3 aromatic heterocycles. The maximum absolute atomic E-state index is 13.4. The zero-order valence-corrected chi connectivity index (χ0v) is 18.6. The molecule has 0 aliphatic heterocycles. The van der Waals surface area contributed by atoms with Gasteiger partial charge in [0.1, 0.15) is 5.65 Å². The van der Waals surface area contributed by atoms with E-state index in [1.165, 1.54) is 26.8 Å². The monoisotopic (exact) mass is 460 g/mol. The first-order valence-corrected chi connectivity index (χ1v) is 11.3. The number of fused-ring (bicyclic) bond motifs is 2. The maximum Gasteiger partial charge on any atom is 0.266 e. The van der Waals surface area contributed by atoms with Crippen LogP contribution in [0.4, 0.5) is 0 Å². The molecular weight excluding hydrogens is 444 g/mol. The van der Waals surface area contributed by atoms with Gasteiger partial charge in [0.2, 0.25) is 0 Å². The molecular formula is C24H17ClN4O2S. The summed E-state index contributed by atoms with van der Waals surface area (Å²) in [7, 11) is 0. The first-order chi connectivity index (χ1) is 15.5. The lowest BCUT2D eigenvalue weighted by Gasteiger charge is -2.14. The van der Waals surface area contributed by atoms with Crippen molar-refractivity contribution >= 4 is 39.9 Å². The molecule has 0 atom stereocenters. The average Bonchev–Trinajstić information content (AvgIpc) is 2.79. The van der Waals surface area contributed by atoms with Crippen LogP contribution in [0.1, 0.15) is 11.3 Å². The van der Waals surface area contributed by atoms with Crippen molar-refractivity contribution in [3.05, 3.63) is 110 Å². The second-order valence-corrected chi connectivity index (χ2v) is 8.66. The molecule has 0 unspecified atom stereocenters. The molecule has 0 N–H and O–H groups in total. The third-order valence-corrected chi connectivity index (χ3v) is 6.34. The van der Waals surface area contributed by atoms with Crippen molar-refractivity contribution in [3.63, 3.8) is 0 Å². The Morgan fingerprint density at radius 3 is 2.59 bits per heavy atom. The number of aryl methyl sites for hydroxylation is 1. The van der Waals surface area contributed by atoms with Crippen LogP contribution in [0, 0.1) is 6.92 Å². The quantitative estimate of drug-likeness (QED) is 0.288. The number of pyridine rings is 1. The number of hydrogen-bond acceptors (Lipinski definition) is 5. The van der Waals surface area contributed by atoms with Gasteiger partial charge in [0.15, 0.2) is 5.16 Å². The van der Waals surface area contributed by atoms with Gasteiger partial charge < -0.3 is 0 Å². The molecule has 5 rings (SSSR count). The second-order valence-electron chi connectivity index (χ2n) is 7.31. The number of para-hydroxylation sites is 2. The summed E-state index contributed by atoms with van der Waals surface area (Å²) in [5, 5.41) is 1.44. The van der Waals surface area contributed by atoms with Crippen LogP contribution in [0.15, 0.2) is 87.7 Å². The van der Waals surface area contributed by atoms with Gasteiger partial charge in [-0.15, -0.1) is 0 Å². The lowest BCUT2D eigenvalue weighted by Crippen LogP contribution is -2.22. The Labute approximate surface area is 192 Å². The fraction of sp³-hybridized carbons (Fsp3) is 0.0833. The van der Waals surface area contributed by atoms with Gasteiger partial charge in [0.25, 0.3) is 11.1 Å². The minimum atomic E-state index is -0.201. The van der Waals surface area contributed by atoms with Crippen molar-refractivity contribution in [3.8, 4) is 5.69 Å². The van der Waals surface area contributed by atoms with E-state index in [9.17, 15) is 9.59 Å². The van der Waals surface area contributed by atoms with Crippen LogP contribution in [0.25, 0.3) is 22.2 Å². The van der Waals surface area contributed by atoms with E-state index in [4.69, 9.17) is 16.6 Å². The Kier molecular flexibility index (Phi) is 5.28. The van der Waals surface area contributed by atoms with Crippen molar-refractivity contribution in [2.24, 2.45) is 0 Å². The number of aromatic nitrogens is 4. The van der Waals surface area contributed by atoms with Gasteiger partial charge in [-0.05, 0) is 42.8 Å². The highest BCUT2D eigenvalue weighted by atomic mass is 35.5. The van der Waals surface area contributed by atoms with Crippen LogP contribution >= 0.6 is 23.4 Å². The molecule has 3 heterocycles. The van der Waals surface area contributed by atoms with Crippen LogP contribution in [-0.2, 0) is 5.75 Å². The lowest BCUT2D eigenvalue weighted by atomic mass is 10.2. The summed E-state index contributed by atoms with van der Waals surface area (Å²) in [5.41, 5.74) is 2.98. The lowest BCUT2D eigenvalue weighted by molar-refractivity contribution is 0.819. The van der Waals surface area contributed by atoms with E-state index < -0.39 is 0 Å². The summed E-state index contributed by atoms with van der Waals surface area (Å²) >= 11 is 7.75. The highest BCUT2D eigenvalue weighted by Gasteiger charge is 2.16. The molecule has 32 heavy (non-hydrogen) atoms. The van der Waals surface area contributed by atoms with E-state index in [1.54, 1.807) is 30.5 Å². The van der Waals surface area contributed by atoms with Crippen molar-refractivity contribution in [2.75, 3.05) is 0 Å². The highest BCUT2D eigenvalue weighted by molar-refractivity contribution is 7.98. The van der Waals surface area contributed by atoms with E-state index in [2.05, 4.69) is 4.98 Å². The van der Waals surface area contributed by atoms with E-state index >= 15 is 0 Å². The molecule has 0 bridgehead atoms. The molecule has 158 valence electrons. The molecule has 5 aromatic rings. The van der Waals surface area contributed by atoms with Gasteiger partial charge in [0.05, 0.1) is 27.3 Å². The van der Waals surface area contributed by atoms with Crippen molar-refractivity contribution in [1.29, 1.82) is 0 Å². The number of halogens is 1. The van der Waals surface area contributed by atoms with E-state index in [0.717, 1.165) is 5.56 Å². The molecule has 0 aliphatic carbocycles. The summed E-state index contributed by atoms with van der Waals surface area (Å²) < 4.78 is 3.05. The summed E-state index contributed by atoms with van der Waals surface area (Å²) in [6.45, 7) is 1.93. The molecule has 0 aliphatic rings. The molecule has 0 fully saturated rings. The zero-order chi connectivity index (χ0) is 22.2. The van der Waals surface area contributed by atoms with E-state index in [-0.39, 0.29) is 11.1 Å². The molecule has 0 saturated heterocycles. The Hall–Kier alpha value is -3.42. The molecule has 0 amide bonds. The van der Waals surface area contributed by atoms with Crippen LogP contribution in [0.5, 0.6) is 0 Å². The Balaban J connectivity index is 1.61. The molecule has 0 radical (unpaired) electrons. The summed E-state index contributed by atoms with van der Waals surface area (Å²) in [6.07, 6.45) is 1.77. The smallest absolute Gasteiger partial charge is 0.266 e. The molecule has 8 heteroatoms. The van der Waals surface area contributed by atoms with Gasteiger partial charge in [-0.25, -0.2) is 9.97 Å². The highest BCUT2D eigenvalue weighted by Crippen LogP contribution is 2.27. The summed E-state index contributed by atoms with van der Waals surface area (Å²) in [6, 6.07) is 19.6. The van der Waals surface area contributed by atoms with Gasteiger partial charge >= 0.3 is 0 Å². The maximum atomic E-state index is 13.4. The first-order valence-electron chi connectivity index (χ1n) is 9.90. The predicted octanol–water partition coefficient (Wildman–Crippen LogP) is 4.65. The fourth-order valence-electron chi connectivity index (χ4n) is 3.53. The number of benzene rings is 2. The van der Waals surface area contributed by atoms with Crippen molar-refractivity contribution in [1.82, 2.24) is 18.9 Å². The molecule has 0 saturated carbocycles. The fourth-order valence-corrected chi connectivity index (χ4v) is 4.64. The topological polar surface area (TPSA) is 69.3 Å². The largest absolute Gasteiger partial charge is 0.269 e. The van der Waals surface area contributed by atoms with E-state index in [1.807, 2.05) is 43.3 Å². The third kappa shape index (κ3) is 3.70. The Morgan fingerprint density at radius 1 is 0.969 bits per heavy atom. The second kappa shape index (κ2) is 8.26. The van der Waals surface area contributed by atoms with Gasteiger partial charge in [-0.2, -0.15) is 0 Å².